The molecule has 0 saturated carbocycles. The molecule has 7 N–H and O–H groups in total. The number of benzene rings is 2. The first-order valence-electron chi connectivity index (χ1n) is 14.1. The first-order chi connectivity index (χ1) is 20.2. The molecular weight excluding hydrogens is 601 g/mol. The highest BCUT2D eigenvalue weighted by Crippen LogP contribution is 2.48. The van der Waals surface area contributed by atoms with Crippen LogP contribution in [0.15, 0.2) is 71.3 Å². The Balaban J connectivity index is 1.72. The lowest BCUT2D eigenvalue weighted by atomic mass is 9.81. The van der Waals surface area contributed by atoms with Crippen molar-refractivity contribution in [2.24, 2.45) is 11.5 Å². The predicted molar refractivity (Wildman–Crippen MR) is 181 cm³/mol. The Morgan fingerprint density at radius 1 is 0.977 bits per heavy atom. The lowest BCUT2D eigenvalue weighted by Crippen LogP contribution is -2.28. The summed E-state index contributed by atoms with van der Waals surface area (Å²) in [5, 5.41) is 15.3. The smallest absolute Gasteiger partial charge is 0.294 e. The van der Waals surface area contributed by atoms with E-state index >= 15 is 0 Å². The van der Waals surface area contributed by atoms with Crippen LogP contribution in [0.3, 0.4) is 0 Å². The maximum Gasteiger partial charge on any atom is 0.294 e. The average Bonchev–Trinajstić information content (AvgIpc) is 3.27. The van der Waals surface area contributed by atoms with Crippen molar-refractivity contribution in [1.82, 2.24) is 0 Å². The second-order valence-corrected chi connectivity index (χ2v) is 15.3. The zero-order valence-corrected chi connectivity index (χ0v) is 27.5. The number of nitrogens with zero attached hydrogens (tertiary/aromatic N) is 2. The van der Waals surface area contributed by atoms with E-state index in [-0.39, 0.29) is 20.6 Å². The van der Waals surface area contributed by atoms with Crippen LogP contribution in [0.4, 0.5) is 11.4 Å². The van der Waals surface area contributed by atoms with Crippen molar-refractivity contribution in [3.05, 3.63) is 77.5 Å². The van der Waals surface area contributed by atoms with Gasteiger partial charge in [-0.25, -0.2) is 0 Å². The number of hydrogen-bond acceptors (Lipinski definition) is 7. The zero-order valence-electron chi connectivity index (χ0n) is 25.1. The van der Waals surface area contributed by atoms with Crippen LogP contribution in [0.5, 0.6) is 0 Å². The van der Waals surface area contributed by atoms with Gasteiger partial charge in [0, 0.05) is 59.0 Å². The third kappa shape index (κ3) is 7.03. The molecule has 0 amide bonds. The van der Waals surface area contributed by atoms with E-state index in [2.05, 4.69) is 79.7 Å². The number of fused-ring (bicyclic) bond motifs is 2. The number of para-hydroxylation sites is 1. The average molecular weight is 642 g/mol. The summed E-state index contributed by atoms with van der Waals surface area (Å²) in [6.07, 6.45) is 7.98. The highest BCUT2D eigenvalue weighted by molar-refractivity contribution is 8.13. The van der Waals surface area contributed by atoms with E-state index in [1.165, 1.54) is 46.6 Å². The van der Waals surface area contributed by atoms with E-state index in [9.17, 15) is 13.0 Å². The van der Waals surface area contributed by atoms with Gasteiger partial charge >= 0.3 is 0 Å². The van der Waals surface area contributed by atoms with Gasteiger partial charge in [-0.3, -0.25) is 15.4 Å². The maximum absolute atomic E-state index is 12.0. The molecular formula is C31H41N6O3S3+. The summed E-state index contributed by atoms with van der Waals surface area (Å²) < 4.78 is 36.0. The predicted octanol–water partition coefficient (Wildman–Crippen LogP) is 5.58. The molecule has 43 heavy (non-hydrogen) atoms. The third-order valence-corrected chi connectivity index (χ3v) is 10.5. The SMILES string of the molecule is CC1(C)C(/C=C/C=C2/N(CCCSC(=N)N)c3ccc(S(=O)(=O)O)cc3C2(C)C)=[N+](CCCSC(=N)N)c2ccccc21. The Labute approximate surface area is 263 Å². The van der Waals surface area contributed by atoms with E-state index < -0.39 is 15.5 Å². The van der Waals surface area contributed by atoms with Crippen molar-refractivity contribution < 1.29 is 17.5 Å². The van der Waals surface area contributed by atoms with Crippen molar-refractivity contribution >= 4 is 61.1 Å². The highest BCUT2D eigenvalue weighted by Gasteiger charge is 2.44. The van der Waals surface area contributed by atoms with Gasteiger partial charge in [0.05, 0.1) is 10.3 Å². The molecule has 2 heterocycles. The van der Waals surface area contributed by atoms with Crippen LogP contribution in [0, 0.1) is 10.8 Å². The summed E-state index contributed by atoms with van der Waals surface area (Å²) in [4.78, 5) is 2.08. The number of hydrogen-bond donors (Lipinski definition) is 5. The number of allylic oxidation sites excluding steroid dienone is 4. The molecule has 2 aromatic rings. The monoisotopic (exact) mass is 641 g/mol. The van der Waals surface area contributed by atoms with Gasteiger partial charge in [-0.1, -0.05) is 61.6 Å². The molecule has 9 nitrogen and oxygen atoms in total. The van der Waals surface area contributed by atoms with Crippen LogP contribution in [-0.2, 0) is 20.9 Å². The van der Waals surface area contributed by atoms with Gasteiger partial charge in [0.15, 0.2) is 16.0 Å². The quantitative estimate of drug-likeness (QED) is 0.0699. The minimum absolute atomic E-state index is 0.0836. The summed E-state index contributed by atoms with van der Waals surface area (Å²) in [6, 6.07) is 13.2. The fourth-order valence-electron chi connectivity index (χ4n) is 5.98. The minimum Gasteiger partial charge on any atom is -0.379 e. The number of amidine groups is 2. The molecule has 0 aliphatic carbocycles. The van der Waals surface area contributed by atoms with Crippen molar-refractivity contribution in [2.75, 3.05) is 29.5 Å². The van der Waals surface area contributed by atoms with Crippen LogP contribution in [0.1, 0.15) is 51.7 Å². The van der Waals surface area contributed by atoms with E-state index in [0.717, 1.165) is 42.1 Å². The zero-order chi connectivity index (χ0) is 31.6. The molecule has 230 valence electrons. The van der Waals surface area contributed by atoms with Gasteiger partial charge in [-0.05, 0) is 50.1 Å². The first-order valence-corrected chi connectivity index (χ1v) is 17.5. The van der Waals surface area contributed by atoms with Crippen molar-refractivity contribution in [2.45, 2.75) is 56.3 Å². The highest BCUT2D eigenvalue weighted by atomic mass is 32.2. The Bertz CT molecular complexity index is 1630. The number of nitrogens with one attached hydrogen (secondary N) is 2. The van der Waals surface area contributed by atoms with Crippen molar-refractivity contribution in [1.29, 1.82) is 10.8 Å². The largest absolute Gasteiger partial charge is 0.379 e. The van der Waals surface area contributed by atoms with Crippen molar-refractivity contribution in [3.63, 3.8) is 0 Å². The molecule has 0 bridgehead atoms. The van der Waals surface area contributed by atoms with E-state index in [1.54, 1.807) is 12.1 Å². The Kier molecular flexibility index (Phi) is 9.85. The molecule has 2 aliphatic rings. The number of rotatable bonds is 11. The Morgan fingerprint density at radius 2 is 1.63 bits per heavy atom. The molecule has 0 radical (unpaired) electrons. The number of nitrogens with two attached hydrogens (primary N) is 2. The van der Waals surface area contributed by atoms with Crippen LogP contribution in [-0.4, -0.2) is 58.2 Å². The van der Waals surface area contributed by atoms with E-state index in [4.69, 9.17) is 22.3 Å². The van der Waals surface area contributed by atoms with Gasteiger partial charge in [0.2, 0.25) is 5.69 Å². The van der Waals surface area contributed by atoms with Gasteiger partial charge in [0.1, 0.15) is 6.54 Å². The number of anilines is 1. The normalized spacial score (nSPS) is 18.0. The minimum atomic E-state index is -4.35. The molecule has 2 aliphatic heterocycles. The van der Waals surface area contributed by atoms with Gasteiger partial charge in [0.25, 0.3) is 10.1 Å². The second kappa shape index (κ2) is 12.9. The van der Waals surface area contributed by atoms with Gasteiger partial charge in [-0.2, -0.15) is 13.0 Å². The Morgan fingerprint density at radius 3 is 2.28 bits per heavy atom. The van der Waals surface area contributed by atoms with Gasteiger partial charge in [-0.15, -0.1) is 0 Å². The second-order valence-electron chi connectivity index (χ2n) is 11.7. The lowest BCUT2D eigenvalue weighted by Gasteiger charge is -2.27. The first kappa shape index (κ1) is 32.8. The molecule has 2 aromatic carbocycles. The van der Waals surface area contributed by atoms with Crippen LogP contribution >= 0.6 is 23.5 Å². The summed E-state index contributed by atoms with van der Waals surface area (Å²) in [5.74, 6) is 1.46. The molecule has 0 aromatic heterocycles. The fraction of sp³-hybridized carbons (Fsp3) is 0.387. The summed E-state index contributed by atoms with van der Waals surface area (Å²) in [5.41, 5.74) is 16.7. The van der Waals surface area contributed by atoms with E-state index in [0.29, 0.717) is 12.3 Å². The maximum atomic E-state index is 12.0. The van der Waals surface area contributed by atoms with Crippen molar-refractivity contribution in [3.8, 4) is 0 Å². The summed E-state index contributed by atoms with van der Waals surface area (Å²) >= 11 is 2.66. The van der Waals surface area contributed by atoms with E-state index in [1.807, 2.05) is 0 Å². The molecule has 0 spiro atoms. The molecule has 4 rings (SSSR count). The topological polar surface area (TPSA) is 160 Å². The Hall–Kier alpha value is -3.06. The molecule has 0 fully saturated rings. The lowest BCUT2D eigenvalue weighted by molar-refractivity contribution is -0.437. The number of thioether (sulfide) groups is 2. The van der Waals surface area contributed by atoms with Crippen LogP contribution < -0.4 is 16.4 Å². The third-order valence-electron chi connectivity index (χ3n) is 8.04. The standard InChI is InChI=1S/C31H40N6O3S3/c1-30(2)22-10-5-6-11-24(22)36(16-8-18-41-28(32)33)26(30)12-7-13-27-31(3,4)23-20-21(43(38,39)40)14-15-25(23)37(27)17-9-19-42-29(34)35/h5-7,10-15,20H,8-9,16-19H2,1-4H3,(H6-,32,33,34,35,38,39,40)/p+1. The van der Waals surface area contributed by atoms with Gasteiger partial charge < -0.3 is 16.4 Å². The molecule has 12 heteroatoms. The molecule has 0 atom stereocenters. The van der Waals surface area contributed by atoms with Crippen LogP contribution in [0.25, 0.3) is 0 Å². The molecule has 0 saturated heterocycles. The summed E-state index contributed by atoms with van der Waals surface area (Å²) in [7, 11) is -4.35. The summed E-state index contributed by atoms with van der Waals surface area (Å²) in [6.45, 7) is 10.0. The van der Waals surface area contributed by atoms with Crippen LogP contribution in [0.2, 0.25) is 0 Å². The molecule has 0 unspecified atom stereocenters. The fourth-order valence-corrected chi connectivity index (χ4v) is 7.47.